The second-order valence-corrected chi connectivity index (χ2v) is 3.52. The zero-order valence-electron chi connectivity index (χ0n) is 9.68. The number of nitrogens with zero attached hydrogens (tertiary/aromatic N) is 2. The molecule has 0 saturated heterocycles. The number of imidazole rings is 1. The van der Waals surface area contributed by atoms with Crippen molar-refractivity contribution in [2.45, 2.75) is 0 Å². The number of aryl methyl sites for hydroxylation is 1. The van der Waals surface area contributed by atoms with Gasteiger partial charge in [-0.25, -0.2) is 4.98 Å². The van der Waals surface area contributed by atoms with Crippen molar-refractivity contribution in [2.24, 2.45) is 7.05 Å². The van der Waals surface area contributed by atoms with Crippen LogP contribution in [0.15, 0.2) is 36.7 Å². The molecular weight excluding hydrogens is 218 g/mol. The van der Waals surface area contributed by atoms with E-state index in [2.05, 4.69) is 10.3 Å². The highest BCUT2D eigenvalue weighted by molar-refractivity contribution is 6.05. The second kappa shape index (κ2) is 4.69. The number of para-hydroxylation sites is 1. The predicted molar refractivity (Wildman–Crippen MR) is 64.2 cm³/mol. The van der Waals surface area contributed by atoms with Gasteiger partial charge >= 0.3 is 0 Å². The van der Waals surface area contributed by atoms with E-state index in [1.165, 1.54) is 7.11 Å². The number of benzene rings is 1. The minimum Gasteiger partial charge on any atom is -0.496 e. The molecule has 2 rings (SSSR count). The number of rotatable bonds is 3. The Labute approximate surface area is 99.0 Å². The van der Waals surface area contributed by atoms with Crippen molar-refractivity contribution in [1.82, 2.24) is 9.55 Å². The van der Waals surface area contributed by atoms with Crippen LogP contribution in [-0.4, -0.2) is 22.6 Å². The molecule has 1 N–H and O–H groups in total. The lowest BCUT2D eigenvalue weighted by atomic mass is 10.2. The molecule has 1 aromatic carbocycles. The summed E-state index contributed by atoms with van der Waals surface area (Å²) in [5.74, 6) is 0.803. The zero-order valence-corrected chi connectivity index (χ0v) is 9.68. The largest absolute Gasteiger partial charge is 0.496 e. The average molecular weight is 231 g/mol. The number of methoxy groups -OCH3 is 1. The first-order chi connectivity index (χ1) is 8.22. The Bertz CT molecular complexity index is 534. The lowest BCUT2D eigenvalue weighted by molar-refractivity contribution is 0.102. The molecule has 5 heteroatoms. The Kier molecular flexibility index (Phi) is 3.09. The lowest BCUT2D eigenvalue weighted by Gasteiger charge is -2.08. The van der Waals surface area contributed by atoms with Crippen LogP contribution in [0.4, 0.5) is 5.95 Å². The molecule has 0 atom stereocenters. The first kappa shape index (κ1) is 11.2. The number of hydrogen-bond acceptors (Lipinski definition) is 3. The minimum atomic E-state index is -0.239. The number of carbonyl (C=O) groups excluding carboxylic acids is 1. The van der Waals surface area contributed by atoms with Gasteiger partial charge in [0.05, 0.1) is 12.7 Å². The standard InChI is InChI=1S/C12H13N3O2/c1-15-8-7-13-12(15)14-11(16)9-5-3-4-6-10(9)17-2/h3-8H,1-2H3,(H,13,14,16). The highest BCUT2D eigenvalue weighted by Gasteiger charge is 2.12. The lowest BCUT2D eigenvalue weighted by Crippen LogP contribution is -2.15. The molecule has 0 unspecified atom stereocenters. The summed E-state index contributed by atoms with van der Waals surface area (Å²) in [5, 5.41) is 2.71. The summed E-state index contributed by atoms with van der Waals surface area (Å²) in [6.45, 7) is 0. The Hall–Kier alpha value is -2.30. The Morgan fingerprint density at radius 2 is 2.18 bits per heavy atom. The van der Waals surface area contributed by atoms with Gasteiger partial charge in [0.1, 0.15) is 5.75 Å². The molecule has 0 bridgehead atoms. The summed E-state index contributed by atoms with van der Waals surface area (Å²) in [4.78, 5) is 16.0. The summed E-state index contributed by atoms with van der Waals surface area (Å²) >= 11 is 0. The quantitative estimate of drug-likeness (QED) is 0.874. The van der Waals surface area contributed by atoms with E-state index < -0.39 is 0 Å². The molecule has 5 nitrogen and oxygen atoms in total. The van der Waals surface area contributed by atoms with Gasteiger partial charge in [-0.1, -0.05) is 12.1 Å². The Morgan fingerprint density at radius 1 is 1.41 bits per heavy atom. The molecule has 88 valence electrons. The van der Waals surface area contributed by atoms with Crippen molar-refractivity contribution in [3.8, 4) is 5.75 Å². The maximum absolute atomic E-state index is 12.0. The van der Waals surface area contributed by atoms with Gasteiger partial charge in [-0.05, 0) is 12.1 Å². The first-order valence-electron chi connectivity index (χ1n) is 5.14. The highest BCUT2D eigenvalue weighted by atomic mass is 16.5. The van der Waals surface area contributed by atoms with E-state index >= 15 is 0 Å². The van der Waals surface area contributed by atoms with Crippen LogP contribution in [0.5, 0.6) is 5.75 Å². The normalized spacial score (nSPS) is 10.0. The van der Waals surface area contributed by atoms with Gasteiger partial charge in [0.15, 0.2) is 0 Å². The maximum atomic E-state index is 12.0. The van der Waals surface area contributed by atoms with Crippen molar-refractivity contribution < 1.29 is 9.53 Å². The third kappa shape index (κ3) is 2.28. The third-order valence-corrected chi connectivity index (χ3v) is 2.40. The number of carbonyl (C=O) groups is 1. The topological polar surface area (TPSA) is 56.1 Å². The molecule has 1 amide bonds. The molecule has 0 aliphatic heterocycles. The number of ether oxygens (including phenoxy) is 1. The van der Waals surface area contributed by atoms with E-state index in [4.69, 9.17) is 4.74 Å². The van der Waals surface area contributed by atoms with Gasteiger partial charge < -0.3 is 9.30 Å². The van der Waals surface area contributed by atoms with Crippen LogP contribution in [0, 0.1) is 0 Å². The van der Waals surface area contributed by atoms with Crippen molar-refractivity contribution >= 4 is 11.9 Å². The number of aromatic nitrogens is 2. The zero-order chi connectivity index (χ0) is 12.3. The van der Waals surface area contributed by atoms with Gasteiger partial charge in [0.2, 0.25) is 5.95 Å². The fourth-order valence-corrected chi connectivity index (χ4v) is 1.49. The third-order valence-electron chi connectivity index (χ3n) is 2.40. The SMILES string of the molecule is COc1ccccc1C(=O)Nc1nccn1C. The van der Waals surface area contributed by atoms with Crippen LogP contribution in [0.2, 0.25) is 0 Å². The van der Waals surface area contributed by atoms with Gasteiger partial charge in [-0.3, -0.25) is 10.1 Å². The fraction of sp³-hybridized carbons (Fsp3) is 0.167. The summed E-state index contributed by atoms with van der Waals surface area (Å²) in [5.41, 5.74) is 0.484. The second-order valence-electron chi connectivity index (χ2n) is 3.52. The Balaban J connectivity index is 2.23. The number of anilines is 1. The van der Waals surface area contributed by atoms with Crippen molar-refractivity contribution in [3.63, 3.8) is 0 Å². The molecule has 1 aromatic heterocycles. The van der Waals surface area contributed by atoms with E-state index in [-0.39, 0.29) is 5.91 Å². The molecular formula is C12H13N3O2. The number of amides is 1. The van der Waals surface area contributed by atoms with E-state index in [1.54, 1.807) is 35.2 Å². The van der Waals surface area contributed by atoms with Crippen LogP contribution in [-0.2, 0) is 7.05 Å². The Morgan fingerprint density at radius 3 is 2.82 bits per heavy atom. The van der Waals surface area contributed by atoms with Crippen molar-refractivity contribution in [2.75, 3.05) is 12.4 Å². The molecule has 2 aromatic rings. The molecule has 0 fully saturated rings. The first-order valence-corrected chi connectivity index (χ1v) is 5.14. The molecule has 0 saturated carbocycles. The summed E-state index contributed by atoms with van der Waals surface area (Å²) in [6.07, 6.45) is 3.38. The van der Waals surface area contributed by atoms with Crippen LogP contribution in [0.25, 0.3) is 0 Å². The van der Waals surface area contributed by atoms with Crippen molar-refractivity contribution in [1.29, 1.82) is 0 Å². The fourth-order valence-electron chi connectivity index (χ4n) is 1.49. The van der Waals surface area contributed by atoms with Crippen molar-refractivity contribution in [3.05, 3.63) is 42.2 Å². The van der Waals surface area contributed by atoms with E-state index in [0.717, 1.165) is 0 Å². The number of nitrogens with one attached hydrogen (secondary N) is 1. The minimum absolute atomic E-state index is 0.239. The van der Waals surface area contributed by atoms with E-state index in [9.17, 15) is 4.79 Å². The molecule has 0 aliphatic rings. The van der Waals surface area contributed by atoms with Gasteiger partial charge in [0.25, 0.3) is 5.91 Å². The number of hydrogen-bond donors (Lipinski definition) is 1. The predicted octanol–water partition coefficient (Wildman–Crippen LogP) is 1.68. The summed E-state index contributed by atoms with van der Waals surface area (Å²) < 4.78 is 6.86. The molecule has 0 aliphatic carbocycles. The van der Waals surface area contributed by atoms with Crippen LogP contribution in [0.3, 0.4) is 0 Å². The van der Waals surface area contributed by atoms with Gasteiger partial charge in [-0.2, -0.15) is 0 Å². The molecule has 17 heavy (non-hydrogen) atoms. The van der Waals surface area contributed by atoms with E-state index in [0.29, 0.717) is 17.3 Å². The maximum Gasteiger partial charge on any atom is 0.261 e. The van der Waals surface area contributed by atoms with Gasteiger partial charge in [0, 0.05) is 19.4 Å². The monoisotopic (exact) mass is 231 g/mol. The molecule has 0 spiro atoms. The average Bonchev–Trinajstić information content (AvgIpc) is 2.75. The highest BCUT2D eigenvalue weighted by Crippen LogP contribution is 2.18. The molecule has 1 heterocycles. The van der Waals surface area contributed by atoms with Crippen LogP contribution >= 0.6 is 0 Å². The van der Waals surface area contributed by atoms with E-state index in [1.807, 2.05) is 13.1 Å². The van der Waals surface area contributed by atoms with Crippen LogP contribution < -0.4 is 10.1 Å². The summed E-state index contributed by atoms with van der Waals surface area (Å²) in [6, 6.07) is 7.05. The van der Waals surface area contributed by atoms with Crippen LogP contribution in [0.1, 0.15) is 10.4 Å². The molecule has 0 radical (unpaired) electrons. The smallest absolute Gasteiger partial charge is 0.261 e. The summed E-state index contributed by atoms with van der Waals surface area (Å²) in [7, 11) is 3.34. The van der Waals surface area contributed by atoms with Gasteiger partial charge in [-0.15, -0.1) is 0 Å².